The van der Waals surface area contributed by atoms with E-state index in [4.69, 9.17) is 15.7 Å². The number of carbonyl (C=O) groups excluding carboxylic acids is 1. The summed E-state index contributed by atoms with van der Waals surface area (Å²) in [5.74, 6) is -0.560. The maximum Gasteiger partial charge on any atom is 0.356 e. The Kier molecular flexibility index (Phi) is 3.91. The Labute approximate surface area is 93.2 Å². The van der Waals surface area contributed by atoms with Gasteiger partial charge in [-0.25, -0.2) is 4.79 Å². The first-order valence-electron chi connectivity index (χ1n) is 4.61. The van der Waals surface area contributed by atoms with Gasteiger partial charge in [0.1, 0.15) is 6.07 Å². The number of nitrogen functional groups attached to an aromatic ring is 1. The minimum atomic E-state index is -0.560. The van der Waals surface area contributed by atoms with Crippen LogP contribution in [0.4, 0.5) is 5.69 Å². The van der Waals surface area contributed by atoms with Gasteiger partial charge in [0.2, 0.25) is 0 Å². The van der Waals surface area contributed by atoms with E-state index >= 15 is 0 Å². The number of aromatic nitrogens is 1. The molecule has 86 valence electrons. The number of carbonyl (C=O) groups is 1. The molecular formula is C10H13N3O3. The molecular weight excluding hydrogens is 210 g/mol. The normalized spacial score (nSPS) is 9.81. The monoisotopic (exact) mass is 223 g/mol. The quantitative estimate of drug-likeness (QED) is 0.745. The van der Waals surface area contributed by atoms with Crippen LogP contribution < -0.4 is 5.73 Å². The molecule has 0 saturated carbocycles. The van der Waals surface area contributed by atoms with E-state index in [0.717, 1.165) is 0 Å². The van der Waals surface area contributed by atoms with Crippen LogP contribution in [0, 0.1) is 11.3 Å². The number of ether oxygens (including phenoxy) is 2. The van der Waals surface area contributed by atoms with Gasteiger partial charge in [-0.2, -0.15) is 5.26 Å². The molecule has 6 nitrogen and oxygen atoms in total. The lowest BCUT2D eigenvalue weighted by molar-refractivity contribution is 0.0587. The molecule has 2 N–H and O–H groups in total. The molecule has 1 aromatic rings. The van der Waals surface area contributed by atoms with Gasteiger partial charge in [0.15, 0.2) is 5.69 Å². The highest BCUT2D eigenvalue weighted by molar-refractivity contribution is 5.95. The van der Waals surface area contributed by atoms with Crippen LogP contribution in [0.1, 0.15) is 16.1 Å². The molecule has 0 spiro atoms. The van der Waals surface area contributed by atoms with E-state index in [1.807, 2.05) is 6.07 Å². The smallest absolute Gasteiger partial charge is 0.356 e. The summed E-state index contributed by atoms with van der Waals surface area (Å²) in [4.78, 5) is 11.5. The average molecular weight is 223 g/mol. The van der Waals surface area contributed by atoms with Gasteiger partial charge in [-0.15, -0.1) is 0 Å². The molecule has 0 saturated heterocycles. The second-order valence-electron chi connectivity index (χ2n) is 3.09. The molecule has 0 fully saturated rings. The highest BCUT2D eigenvalue weighted by atomic mass is 16.5. The van der Waals surface area contributed by atoms with E-state index in [2.05, 4.69) is 4.74 Å². The molecule has 1 heterocycles. The lowest BCUT2D eigenvalue weighted by Crippen LogP contribution is -2.14. The summed E-state index contributed by atoms with van der Waals surface area (Å²) in [7, 11) is 2.82. The summed E-state index contributed by atoms with van der Waals surface area (Å²) >= 11 is 0. The van der Waals surface area contributed by atoms with Gasteiger partial charge >= 0.3 is 5.97 Å². The van der Waals surface area contributed by atoms with Crippen LogP contribution in [0.3, 0.4) is 0 Å². The number of anilines is 1. The Balaban J connectivity index is 3.15. The first-order chi connectivity index (χ1) is 7.65. The lowest BCUT2D eigenvalue weighted by atomic mass is 10.3. The van der Waals surface area contributed by atoms with Crippen molar-refractivity contribution < 1.29 is 14.3 Å². The SMILES string of the molecule is COCCn1cc(C#N)c(N)c1C(=O)OC. The number of methoxy groups -OCH3 is 2. The molecule has 0 radical (unpaired) electrons. The molecule has 16 heavy (non-hydrogen) atoms. The van der Waals surface area contributed by atoms with Crippen molar-refractivity contribution in [1.29, 1.82) is 5.26 Å². The van der Waals surface area contributed by atoms with Gasteiger partial charge in [0.25, 0.3) is 0 Å². The minimum absolute atomic E-state index is 0.144. The third-order valence-electron chi connectivity index (χ3n) is 2.15. The Morgan fingerprint density at radius 1 is 1.62 bits per heavy atom. The van der Waals surface area contributed by atoms with E-state index in [9.17, 15) is 4.79 Å². The van der Waals surface area contributed by atoms with Crippen molar-refractivity contribution in [1.82, 2.24) is 4.57 Å². The van der Waals surface area contributed by atoms with Crippen LogP contribution in [-0.4, -0.2) is 31.4 Å². The highest BCUT2D eigenvalue weighted by Crippen LogP contribution is 2.20. The fraction of sp³-hybridized carbons (Fsp3) is 0.400. The van der Waals surface area contributed by atoms with Gasteiger partial charge < -0.3 is 19.8 Å². The predicted octanol–water partition coefficient (Wildman–Crippen LogP) is 0.375. The van der Waals surface area contributed by atoms with Crippen LogP contribution in [0.15, 0.2) is 6.20 Å². The second-order valence-corrected chi connectivity index (χ2v) is 3.09. The third-order valence-corrected chi connectivity index (χ3v) is 2.15. The molecule has 1 rings (SSSR count). The van der Waals surface area contributed by atoms with Gasteiger partial charge in [0.05, 0.1) is 25.0 Å². The highest BCUT2D eigenvalue weighted by Gasteiger charge is 2.20. The summed E-state index contributed by atoms with van der Waals surface area (Å²) in [6.45, 7) is 0.857. The van der Waals surface area contributed by atoms with Gasteiger partial charge in [-0.05, 0) is 0 Å². The third kappa shape index (κ3) is 2.15. The van der Waals surface area contributed by atoms with E-state index in [1.165, 1.54) is 13.3 Å². The van der Waals surface area contributed by atoms with Crippen LogP contribution in [0.25, 0.3) is 0 Å². The fourth-order valence-corrected chi connectivity index (χ4v) is 1.35. The van der Waals surface area contributed by atoms with E-state index in [1.54, 1.807) is 11.7 Å². The molecule has 0 aliphatic heterocycles. The molecule has 0 aliphatic rings. The Morgan fingerprint density at radius 3 is 2.81 bits per heavy atom. The summed E-state index contributed by atoms with van der Waals surface area (Å²) in [5.41, 5.74) is 6.27. The first kappa shape index (κ1) is 12.1. The molecule has 0 aliphatic carbocycles. The van der Waals surface area contributed by atoms with Gasteiger partial charge in [-0.3, -0.25) is 0 Å². The summed E-state index contributed by atoms with van der Waals surface area (Å²) in [6.07, 6.45) is 1.51. The van der Waals surface area contributed by atoms with Crippen molar-refractivity contribution in [3.63, 3.8) is 0 Å². The van der Waals surface area contributed by atoms with Crippen molar-refractivity contribution in [2.24, 2.45) is 0 Å². The minimum Gasteiger partial charge on any atom is -0.464 e. The number of esters is 1. The van der Waals surface area contributed by atoms with E-state index in [0.29, 0.717) is 13.2 Å². The Morgan fingerprint density at radius 2 is 2.31 bits per heavy atom. The summed E-state index contributed by atoms with van der Waals surface area (Å²) in [6, 6.07) is 1.92. The number of nitriles is 1. The van der Waals surface area contributed by atoms with Crippen molar-refractivity contribution in [2.75, 3.05) is 26.6 Å². The zero-order valence-corrected chi connectivity index (χ0v) is 9.19. The maximum absolute atomic E-state index is 11.5. The summed E-state index contributed by atoms with van der Waals surface area (Å²) < 4.78 is 11.1. The van der Waals surface area contributed by atoms with E-state index < -0.39 is 5.97 Å². The van der Waals surface area contributed by atoms with Crippen molar-refractivity contribution in [2.45, 2.75) is 6.54 Å². The van der Waals surface area contributed by atoms with Crippen molar-refractivity contribution in [3.8, 4) is 6.07 Å². The van der Waals surface area contributed by atoms with Crippen LogP contribution in [0.2, 0.25) is 0 Å². The Bertz CT molecular complexity index is 431. The molecule has 0 bridgehead atoms. The van der Waals surface area contributed by atoms with Gasteiger partial charge in [-0.1, -0.05) is 0 Å². The number of nitrogens with two attached hydrogens (primary N) is 1. The number of hydrogen-bond donors (Lipinski definition) is 1. The van der Waals surface area contributed by atoms with Gasteiger partial charge in [0, 0.05) is 19.9 Å². The van der Waals surface area contributed by atoms with E-state index in [-0.39, 0.29) is 16.9 Å². The second kappa shape index (κ2) is 5.19. The lowest BCUT2D eigenvalue weighted by Gasteiger charge is -2.07. The number of nitrogens with zero attached hydrogens (tertiary/aromatic N) is 2. The van der Waals surface area contributed by atoms with Crippen LogP contribution >= 0.6 is 0 Å². The maximum atomic E-state index is 11.5. The molecule has 0 aromatic carbocycles. The van der Waals surface area contributed by atoms with Crippen molar-refractivity contribution >= 4 is 11.7 Å². The molecule has 0 atom stereocenters. The van der Waals surface area contributed by atoms with Crippen molar-refractivity contribution in [3.05, 3.63) is 17.5 Å². The molecule has 1 aromatic heterocycles. The molecule has 0 amide bonds. The molecule has 6 heteroatoms. The zero-order valence-electron chi connectivity index (χ0n) is 9.19. The van der Waals surface area contributed by atoms with Crippen LogP contribution in [-0.2, 0) is 16.0 Å². The fourth-order valence-electron chi connectivity index (χ4n) is 1.35. The van der Waals surface area contributed by atoms with Crippen LogP contribution in [0.5, 0.6) is 0 Å². The summed E-state index contributed by atoms with van der Waals surface area (Å²) in [5, 5.41) is 8.81. The predicted molar refractivity (Wildman–Crippen MR) is 56.8 cm³/mol. The number of rotatable bonds is 4. The first-order valence-corrected chi connectivity index (χ1v) is 4.61. The Hall–Kier alpha value is -2.00. The molecule has 0 unspecified atom stereocenters. The number of hydrogen-bond acceptors (Lipinski definition) is 5. The largest absolute Gasteiger partial charge is 0.464 e. The average Bonchev–Trinajstić information content (AvgIpc) is 2.62. The standard InChI is InChI=1S/C10H13N3O3/c1-15-4-3-13-6-7(5-11)8(12)9(13)10(14)16-2/h6H,3-4,12H2,1-2H3. The zero-order chi connectivity index (χ0) is 12.1. The topological polar surface area (TPSA) is 90.3 Å².